The monoisotopic (exact) mass is 399 g/mol. The van der Waals surface area contributed by atoms with Crippen LogP contribution >= 0.6 is 21.6 Å². The van der Waals surface area contributed by atoms with Crippen LogP contribution in [0.4, 0.5) is 0 Å². The molecule has 1 aromatic rings. The number of nitrogens with zero attached hydrogens (tertiary/aromatic N) is 3. The molecule has 1 aliphatic carbocycles. The van der Waals surface area contributed by atoms with Crippen LogP contribution in [0.2, 0.25) is 0 Å². The summed E-state index contributed by atoms with van der Waals surface area (Å²) in [5.41, 5.74) is 2.87. The van der Waals surface area contributed by atoms with Gasteiger partial charge in [-0.15, -0.1) is 0 Å². The zero-order chi connectivity index (χ0) is 19.2. The van der Waals surface area contributed by atoms with E-state index in [9.17, 15) is 14.9 Å². The molecule has 5 nitrogen and oxygen atoms in total. The molecule has 2 amide bonds. The van der Waals surface area contributed by atoms with Crippen molar-refractivity contribution in [2.45, 2.75) is 55.3 Å². The number of carbonyl (C=O) groups excluding carboxylic acids is 2. The second-order valence-electron chi connectivity index (χ2n) is 8.46. The number of hydrogen-bond donors (Lipinski definition) is 0. The summed E-state index contributed by atoms with van der Waals surface area (Å²) in [6, 6.07) is 8.45. The Morgan fingerprint density at radius 3 is 2.63 bits per heavy atom. The van der Waals surface area contributed by atoms with E-state index in [1.54, 1.807) is 16.8 Å². The maximum Gasteiger partial charge on any atom is 0.261 e. The lowest BCUT2D eigenvalue weighted by molar-refractivity contribution is -0.164. The highest BCUT2D eigenvalue weighted by Gasteiger charge is 2.74. The van der Waals surface area contributed by atoms with Gasteiger partial charge in [-0.3, -0.25) is 9.59 Å². The van der Waals surface area contributed by atoms with Gasteiger partial charge in [0.1, 0.15) is 0 Å². The number of fused-ring (bicyclic) bond motifs is 3. The van der Waals surface area contributed by atoms with Crippen LogP contribution in [0.5, 0.6) is 0 Å². The topological polar surface area (TPSA) is 64.4 Å². The largest absolute Gasteiger partial charge is 0.319 e. The quantitative estimate of drug-likeness (QED) is 0.678. The highest BCUT2D eigenvalue weighted by Crippen LogP contribution is 2.69. The van der Waals surface area contributed by atoms with Crippen molar-refractivity contribution >= 4 is 33.4 Å². The Bertz CT molecular complexity index is 944. The fourth-order valence-corrected chi connectivity index (χ4v) is 8.76. The minimum absolute atomic E-state index is 0.0570. The van der Waals surface area contributed by atoms with E-state index in [0.29, 0.717) is 6.42 Å². The van der Waals surface area contributed by atoms with Gasteiger partial charge >= 0.3 is 0 Å². The van der Waals surface area contributed by atoms with Crippen molar-refractivity contribution in [2.24, 2.45) is 5.41 Å². The van der Waals surface area contributed by atoms with E-state index in [1.165, 1.54) is 32.7 Å². The highest BCUT2D eigenvalue weighted by atomic mass is 33.1. The van der Waals surface area contributed by atoms with Crippen molar-refractivity contribution in [1.82, 2.24) is 9.80 Å². The molecule has 6 rings (SSSR count). The molecule has 4 fully saturated rings. The van der Waals surface area contributed by atoms with Crippen LogP contribution in [0, 0.1) is 16.7 Å². The Labute approximate surface area is 166 Å². The van der Waals surface area contributed by atoms with Crippen LogP contribution in [0.25, 0.3) is 0 Å². The molecule has 4 atom stereocenters. The first kappa shape index (κ1) is 17.4. The highest BCUT2D eigenvalue weighted by molar-refractivity contribution is 8.78. The third-order valence-corrected chi connectivity index (χ3v) is 10.5. The summed E-state index contributed by atoms with van der Waals surface area (Å²) in [5.74, 6) is -0.115. The van der Waals surface area contributed by atoms with Gasteiger partial charge in [0.2, 0.25) is 0 Å². The van der Waals surface area contributed by atoms with E-state index in [0.717, 1.165) is 24.8 Å². The van der Waals surface area contributed by atoms with Crippen molar-refractivity contribution in [2.75, 3.05) is 7.05 Å². The maximum absolute atomic E-state index is 13.6. The zero-order valence-electron chi connectivity index (χ0n) is 15.6. The molecule has 4 heterocycles. The average molecular weight is 400 g/mol. The molecule has 5 aliphatic rings. The number of hydrogen-bond acceptors (Lipinski definition) is 5. The van der Waals surface area contributed by atoms with E-state index in [2.05, 4.69) is 24.3 Å². The van der Waals surface area contributed by atoms with E-state index in [-0.39, 0.29) is 11.8 Å². The maximum atomic E-state index is 13.6. The summed E-state index contributed by atoms with van der Waals surface area (Å²) < 4.78 is 0. The fraction of sp³-hybridized carbons (Fsp3) is 0.550. The Morgan fingerprint density at radius 1 is 1.15 bits per heavy atom. The molecule has 2 bridgehead atoms. The van der Waals surface area contributed by atoms with Gasteiger partial charge in [-0.2, -0.15) is 5.26 Å². The number of amides is 2. The van der Waals surface area contributed by atoms with Gasteiger partial charge in [-0.25, -0.2) is 0 Å². The number of aryl methyl sites for hydroxylation is 2. The Balaban J connectivity index is 1.71. The first-order valence-corrected chi connectivity index (χ1v) is 11.4. The van der Waals surface area contributed by atoms with E-state index in [4.69, 9.17) is 0 Å². The van der Waals surface area contributed by atoms with Gasteiger partial charge in [0.15, 0.2) is 9.74 Å². The Morgan fingerprint density at radius 2 is 1.89 bits per heavy atom. The molecule has 27 heavy (non-hydrogen) atoms. The van der Waals surface area contributed by atoms with Gasteiger partial charge in [-0.1, -0.05) is 39.8 Å². The molecule has 0 N–H and O–H groups in total. The van der Waals surface area contributed by atoms with Crippen LogP contribution in [0.15, 0.2) is 18.2 Å². The molecule has 140 valence electrons. The SMILES string of the molecule is CN1C(=O)C23CC(C)(C#N)C(c4ccc5c(c4)CCC5)N2C(=O)C1(C)SS3. The third kappa shape index (κ3) is 1.93. The average Bonchev–Trinajstić information content (AvgIpc) is 3.23. The smallest absolute Gasteiger partial charge is 0.261 e. The number of rotatable bonds is 1. The van der Waals surface area contributed by atoms with E-state index < -0.39 is 21.2 Å². The van der Waals surface area contributed by atoms with Crippen LogP contribution in [0.1, 0.15) is 49.4 Å². The minimum atomic E-state index is -0.984. The van der Waals surface area contributed by atoms with Crippen LogP contribution in [0.3, 0.4) is 0 Å². The summed E-state index contributed by atoms with van der Waals surface area (Å²) >= 11 is 0. The summed E-state index contributed by atoms with van der Waals surface area (Å²) in [4.78, 5) is 28.3. The number of benzene rings is 1. The van der Waals surface area contributed by atoms with Gasteiger partial charge in [0, 0.05) is 13.5 Å². The molecular formula is C20H21N3O2S2. The second-order valence-corrected chi connectivity index (χ2v) is 11.3. The molecule has 0 aromatic heterocycles. The number of carbonyl (C=O) groups is 2. The van der Waals surface area contributed by atoms with Gasteiger partial charge < -0.3 is 9.80 Å². The minimum Gasteiger partial charge on any atom is -0.319 e. The predicted octanol–water partition coefficient (Wildman–Crippen LogP) is 3.26. The Hall–Kier alpha value is -1.65. The summed E-state index contributed by atoms with van der Waals surface area (Å²) in [6.07, 6.45) is 3.65. The standard InChI is InChI=1S/C20H21N3O2S2/c1-18(11-21)10-20-17(25)22(3)19(2,26-27-20)16(24)23(20)15(18)14-8-7-12-5-4-6-13(12)9-14/h7-9,15H,4-6,10H2,1-3H3. The molecule has 0 radical (unpaired) electrons. The van der Waals surface area contributed by atoms with Crippen molar-refractivity contribution in [3.63, 3.8) is 0 Å². The lowest BCUT2D eigenvalue weighted by Crippen LogP contribution is -2.73. The zero-order valence-corrected chi connectivity index (χ0v) is 17.2. The van der Waals surface area contributed by atoms with Crippen molar-refractivity contribution in [1.29, 1.82) is 5.26 Å². The lowest BCUT2D eigenvalue weighted by Gasteiger charge is -2.57. The number of piperazine rings is 1. The van der Waals surface area contributed by atoms with Crippen LogP contribution < -0.4 is 0 Å². The van der Waals surface area contributed by atoms with Crippen LogP contribution in [-0.2, 0) is 22.4 Å². The van der Waals surface area contributed by atoms with E-state index in [1.807, 2.05) is 13.8 Å². The van der Waals surface area contributed by atoms with E-state index >= 15 is 0 Å². The molecule has 4 saturated heterocycles. The van der Waals surface area contributed by atoms with Crippen molar-refractivity contribution < 1.29 is 9.59 Å². The first-order valence-electron chi connectivity index (χ1n) is 9.29. The number of nitriles is 1. The van der Waals surface area contributed by atoms with Crippen molar-refractivity contribution in [3.05, 3.63) is 34.9 Å². The van der Waals surface area contributed by atoms with Gasteiger partial charge in [-0.05, 0) is 49.8 Å². The van der Waals surface area contributed by atoms with Gasteiger partial charge in [0.05, 0.1) is 17.5 Å². The number of likely N-dealkylation sites (N-methyl/N-ethyl adjacent to an activating group) is 1. The second kappa shape index (κ2) is 5.24. The predicted molar refractivity (Wildman–Crippen MR) is 105 cm³/mol. The fourth-order valence-electron chi connectivity index (χ4n) is 5.18. The molecular weight excluding hydrogens is 378 g/mol. The molecule has 4 unspecified atom stereocenters. The molecule has 4 aliphatic heterocycles. The Kier molecular flexibility index (Phi) is 3.38. The summed E-state index contributed by atoms with van der Waals surface area (Å²) in [6.45, 7) is 3.72. The molecule has 0 saturated carbocycles. The van der Waals surface area contributed by atoms with Crippen molar-refractivity contribution in [3.8, 4) is 6.07 Å². The lowest BCUT2D eigenvalue weighted by atomic mass is 9.79. The van der Waals surface area contributed by atoms with Gasteiger partial charge in [0.25, 0.3) is 11.8 Å². The summed E-state index contributed by atoms with van der Waals surface area (Å²) in [7, 11) is 4.63. The summed E-state index contributed by atoms with van der Waals surface area (Å²) in [5, 5.41) is 10.1. The first-order chi connectivity index (χ1) is 12.8. The normalized spacial score (nSPS) is 39.6. The van der Waals surface area contributed by atoms with Crippen LogP contribution in [-0.4, -0.2) is 38.4 Å². The third-order valence-electron chi connectivity index (χ3n) is 6.79. The molecule has 1 aromatic carbocycles. The molecule has 1 spiro atoms. The molecule has 7 heteroatoms.